The minimum absolute atomic E-state index is 0.0804. The van der Waals surface area contributed by atoms with E-state index in [1.807, 2.05) is 0 Å². The Morgan fingerprint density at radius 2 is 1.96 bits per heavy atom. The summed E-state index contributed by atoms with van der Waals surface area (Å²) < 4.78 is 30.8. The summed E-state index contributed by atoms with van der Waals surface area (Å²) in [5, 5.41) is 5.30. The van der Waals surface area contributed by atoms with E-state index in [2.05, 4.69) is 10.6 Å². The molecular formula is C17H17N3O5S. The first-order valence-corrected chi connectivity index (χ1v) is 9.12. The van der Waals surface area contributed by atoms with Gasteiger partial charge in [-0.1, -0.05) is 6.07 Å². The summed E-state index contributed by atoms with van der Waals surface area (Å²) in [6.07, 6.45) is 0. The lowest BCUT2D eigenvalue weighted by Gasteiger charge is -2.18. The molecule has 0 fully saturated rings. The summed E-state index contributed by atoms with van der Waals surface area (Å²) in [6.45, 7) is -0.109. The number of amides is 2. The highest BCUT2D eigenvalue weighted by atomic mass is 32.2. The molecule has 9 heteroatoms. The van der Waals surface area contributed by atoms with Crippen LogP contribution in [0.2, 0.25) is 0 Å². The highest BCUT2D eigenvalue weighted by Gasteiger charge is 2.19. The van der Waals surface area contributed by atoms with Gasteiger partial charge in [-0.3, -0.25) is 9.59 Å². The molecule has 1 aliphatic heterocycles. The van der Waals surface area contributed by atoms with Crippen LogP contribution in [0, 0.1) is 0 Å². The fraction of sp³-hybridized carbons (Fsp3) is 0.176. The van der Waals surface area contributed by atoms with Crippen LogP contribution in [-0.2, 0) is 14.8 Å². The highest BCUT2D eigenvalue weighted by Crippen LogP contribution is 2.29. The monoisotopic (exact) mass is 375 g/mol. The van der Waals surface area contributed by atoms with Crippen LogP contribution in [0.25, 0.3) is 0 Å². The van der Waals surface area contributed by atoms with E-state index in [1.165, 1.54) is 32.3 Å². The van der Waals surface area contributed by atoms with Crippen LogP contribution < -0.4 is 15.4 Å². The van der Waals surface area contributed by atoms with Gasteiger partial charge in [0, 0.05) is 25.3 Å². The Morgan fingerprint density at radius 1 is 1.19 bits per heavy atom. The zero-order valence-electron chi connectivity index (χ0n) is 14.1. The Hall–Kier alpha value is -2.91. The maximum absolute atomic E-state index is 12.4. The number of fused-ring (bicyclic) bond motifs is 1. The Bertz CT molecular complexity index is 986. The van der Waals surface area contributed by atoms with Crippen LogP contribution in [0.3, 0.4) is 0 Å². The van der Waals surface area contributed by atoms with Crippen molar-refractivity contribution in [2.75, 3.05) is 31.3 Å². The Kier molecular flexibility index (Phi) is 4.66. The quantitative estimate of drug-likeness (QED) is 0.843. The van der Waals surface area contributed by atoms with Crippen LogP contribution >= 0.6 is 0 Å². The van der Waals surface area contributed by atoms with E-state index in [0.717, 1.165) is 4.31 Å². The second-order valence-electron chi connectivity index (χ2n) is 5.82. The van der Waals surface area contributed by atoms with Gasteiger partial charge < -0.3 is 15.4 Å². The number of hydrogen-bond acceptors (Lipinski definition) is 5. The molecule has 0 saturated heterocycles. The molecule has 0 bridgehead atoms. The van der Waals surface area contributed by atoms with Crippen molar-refractivity contribution in [1.29, 1.82) is 0 Å². The summed E-state index contributed by atoms with van der Waals surface area (Å²) in [5.74, 6) is -0.275. The van der Waals surface area contributed by atoms with Crippen molar-refractivity contribution in [3.63, 3.8) is 0 Å². The number of ether oxygens (including phenoxy) is 1. The minimum Gasteiger partial charge on any atom is -0.482 e. The summed E-state index contributed by atoms with van der Waals surface area (Å²) >= 11 is 0. The van der Waals surface area contributed by atoms with Crippen LogP contribution in [0.5, 0.6) is 5.75 Å². The second kappa shape index (κ2) is 6.77. The number of rotatable bonds is 4. The SMILES string of the molecule is CN(C)S(=O)(=O)c1cccc(NC(=O)c2ccc3c(c2)OCC(=O)N3)c1. The van der Waals surface area contributed by atoms with Gasteiger partial charge in [0.15, 0.2) is 6.61 Å². The molecule has 0 radical (unpaired) electrons. The number of nitrogens with one attached hydrogen (secondary N) is 2. The maximum atomic E-state index is 12.4. The molecule has 0 aliphatic carbocycles. The lowest BCUT2D eigenvalue weighted by atomic mass is 10.1. The van der Waals surface area contributed by atoms with E-state index >= 15 is 0 Å². The molecule has 2 amide bonds. The normalized spacial score (nSPS) is 13.6. The lowest BCUT2D eigenvalue weighted by Crippen LogP contribution is -2.25. The van der Waals surface area contributed by atoms with Gasteiger partial charge in [0.25, 0.3) is 11.8 Å². The third-order valence-corrected chi connectivity index (χ3v) is 5.56. The lowest BCUT2D eigenvalue weighted by molar-refractivity contribution is -0.118. The molecule has 0 atom stereocenters. The first kappa shape index (κ1) is 17.9. The summed E-state index contributed by atoms with van der Waals surface area (Å²) in [4.78, 5) is 23.8. The molecule has 136 valence electrons. The molecule has 1 heterocycles. The third kappa shape index (κ3) is 3.53. The van der Waals surface area contributed by atoms with Gasteiger partial charge in [-0.2, -0.15) is 0 Å². The van der Waals surface area contributed by atoms with Crippen LogP contribution in [-0.4, -0.2) is 45.2 Å². The first-order valence-electron chi connectivity index (χ1n) is 7.68. The number of anilines is 2. The van der Waals surface area contributed by atoms with E-state index in [-0.39, 0.29) is 17.4 Å². The van der Waals surface area contributed by atoms with E-state index in [4.69, 9.17) is 4.74 Å². The first-order chi connectivity index (χ1) is 12.3. The fourth-order valence-corrected chi connectivity index (χ4v) is 3.31. The molecular weight excluding hydrogens is 358 g/mol. The molecule has 2 N–H and O–H groups in total. The van der Waals surface area contributed by atoms with Gasteiger partial charge in [-0.25, -0.2) is 12.7 Å². The van der Waals surface area contributed by atoms with Crippen molar-refractivity contribution in [3.8, 4) is 5.75 Å². The molecule has 0 aromatic heterocycles. The molecule has 0 saturated carbocycles. The smallest absolute Gasteiger partial charge is 0.262 e. The maximum Gasteiger partial charge on any atom is 0.262 e. The number of sulfonamides is 1. The molecule has 0 spiro atoms. The van der Waals surface area contributed by atoms with Crippen molar-refractivity contribution in [3.05, 3.63) is 48.0 Å². The van der Waals surface area contributed by atoms with E-state index in [9.17, 15) is 18.0 Å². The zero-order valence-corrected chi connectivity index (χ0v) is 15.0. The van der Waals surface area contributed by atoms with Crippen molar-refractivity contribution in [2.45, 2.75) is 4.90 Å². The van der Waals surface area contributed by atoms with Gasteiger partial charge in [0.2, 0.25) is 10.0 Å². The van der Waals surface area contributed by atoms with Crippen molar-refractivity contribution in [2.24, 2.45) is 0 Å². The number of carbonyl (C=O) groups excluding carboxylic acids is 2. The summed E-state index contributed by atoms with van der Waals surface area (Å²) in [6, 6.07) is 10.6. The molecule has 3 rings (SSSR count). The zero-order chi connectivity index (χ0) is 18.9. The predicted molar refractivity (Wildman–Crippen MR) is 95.8 cm³/mol. The molecule has 2 aromatic rings. The van der Waals surface area contributed by atoms with E-state index in [0.29, 0.717) is 22.7 Å². The number of nitrogens with zero attached hydrogens (tertiary/aromatic N) is 1. The standard InChI is InChI=1S/C17H17N3O5S/c1-20(2)26(23,24)13-5-3-4-12(9-13)18-17(22)11-6-7-14-15(8-11)25-10-16(21)19-14/h3-9H,10H2,1-2H3,(H,18,22)(H,19,21). The molecule has 0 unspecified atom stereocenters. The number of carbonyl (C=O) groups is 2. The fourth-order valence-electron chi connectivity index (χ4n) is 2.36. The van der Waals surface area contributed by atoms with Crippen LogP contribution in [0.4, 0.5) is 11.4 Å². The third-order valence-electron chi connectivity index (χ3n) is 3.75. The Labute approximate surface area is 150 Å². The van der Waals surface area contributed by atoms with Crippen molar-refractivity contribution < 1.29 is 22.7 Å². The molecule has 26 heavy (non-hydrogen) atoms. The van der Waals surface area contributed by atoms with Crippen molar-refractivity contribution in [1.82, 2.24) is 4.31 Å². The topological polar surface area (TPSA) is 105 Å². The van der Waals surface area contributed by atoms with E-state index in [1.54, 1.807) is 24.3 Å². The van der Waals surface area contributed by atoms with Crippen LogP contribution in [0.15, 0.2) is 47.4 Å². The molecule has 2 aromatic carbocycles. The van der Waals surface area contributed by atoms with Crippen molar-refractivity contribution >= 4 is 33.2 Å². The van der Waals surface area contributed by atoms with Gasteiger partial charge in [0.1, 0.15) is 5.75 Å². The Morgan fingerprint density at radius 3 is 2.69 bits per heavy atom. The minimum atomic E-state index is -3.60. The second-order valence-corrected chi connectivity index (χ2v) is 7.97. The summed E-state index contributed by atoms with van der Waals surface area (Å²) in [5.41, 5.74) is 1.17. The number of hydrogen-bond donors (Lipinski definition) is 2. The Balaban J connectivity index is 1.82. The van der Waals surface area contributed by atoms with Gasteiger partial charge >= 0.3 is 0 Å². The predicted octanol–water partition coefficient (Wildman–Crippen LogP) is 1.52. The largest absolute Gasteiger partial charge is 0.482 e. The number of benzene rings is 2. The average molecular weight is 375 g/mol. The highest BCUT2D eigenvalue weighted by molar-refractivity contribution is 7.89. The van der Waals surface area contributed by atoms with E-state index < -0.39 is 15.9 Å². The molecule has 1 aliphatic rings. The van der Waals surface area contributed by atoms with Crippen LogP contribution in [0.1, 0.15) is 10.4 Å². The van der Waals surface area contributed by atoms with Gasteiger partial charge in [0.05, 0.1) is 10.6 Å². The molecule has 8 nitrogen and oxygen atoms in total. The average Bonchev–Trinajstić information content (AvgIpc) is 2.61. The van der Waals surface area contributed by atoms with Gasteiger partial charge in [-0.15, -0.1) is 0 Å². The summed E-state index contributed by atoms with van der Waals surface area (Å²) in [7, 11) is -0.721. The van der Waals surface area contributed by atoms with Gasteiger partial charge in [-0.05, 0) is 36.4 Å².